The van der Waals surface area contributed by atoms with Gasteiger partial charge in [-0.2, -0.15) is 13.2 Å². The average molecular weight is 263 g/mol. The van der Waals surface area contributed by atoms with Crippen molar-refractivity contribution in [1.29, 1.82) is 0 Å². The standard InChI is InChI=1S/C13H17F4N/c1-3-10(18-2)6-4-9-5-7-11(12(14)8-9)13(15,16)17/h5,7-8,10,18H,3-4,6H2,1-2H3. The van der Waals surface area contributed by atoms with Crippen molar-refractivity contribution in [3.05, 3.63) is 35.1 Å². The lowest BCUT2D eigenvalue weighted by atomic mass is 10.0. The molecule has 0 aromatic heterocycles. The van der Waals surface area contributed by atoms with Gasteiger partial charge in [-0.3, -0.25) is 0 Å². The first-order valence-corrected chi connectivity index (χ1v) is 5.91. The number of hydrogen-bond donors (Lipinski definition) is 1. The van der Waals surface area contributed by atoms with Crippen LogP contribution in [0.2, 0.25) is 0 Å². The van der Waals surface area contributed by atoms with Gasteiger partial charge in [-0.15, -0.1) is 0 Å². The monoisotopic (exact) mass is 263 g/mol. The normalized spacial score (nSPS) is 13.7. The average Bonchev–Trinajstić information content (AvgIpc) is 2.28. The van der Waals surface area contributed by atoms with Gasteiger partial charge < -0.3 is 5.32 Å². The maximum absolute atomic E-state index is 13.3. The van der Waals surface area contributed by atoms with Crippen LogP contribution in [-0.2, 0) is 12.6 Å². The van der Waals surface area contributed by atoms with Crippen LogP contribution in [0.4, 0.5) is 17.6 Å². The Bertz CT molecular complexity index is 383. The van der Waals surface area contributed by atoms with E-state index in [9.17, 15) is 17.6 Å². The Kier molecular flexibility index (Phi) is 5.14. The lowest BCUT2D eigenvalue weighted by molar-refractivity contribution is -0.140. The van der Waals surface area contributed by atoms with Gasteiger partial charge in [0.1, 0.15) is 5.82 Å². The zero-order valence-corrected chi connectivity index (χ0v) is 10.4. The van der Waals surface area contributed by atoms with E-state index in [1.165, 1.54) is 6.07 Å². The summed E-state index contributed by atoms with van der Waals surface area (Å²) in [7, 11) is 1.83. The Morgan fingerprint density at radius 3 is 2.39 bits per heavy atom. The summed E-state index contributed by atoms with van der Waals surface area (Å²) in [5.41, 5.74) is -0.610. The second kappa shape index (κ2) is 6.18. The Balaban J connectivity index is 2.73. The Hall–Kier alpha value is -1.10. The van der Waals surface area contributed by atoms with Crippen molar-refractivity contribution in [1.82, 2.24) is 5.32 Å². The number of alkyl halides is 3. The SMILES string of the molecule is CCC(CCc1ccc(C(F)(F)F)c(F)c1)NC. The van der Waals surface area contributed by atoms with E-state index >= 15 is 0 Å². The van der Waals surface area contributed by atoms with Crippen LogP contribution in [0, 0.1) is 5.82 Å². The molecule has 0 fully saturated rings. The number of benzene rings is 1. The van der Waals surface area contributed by atoms with E-state index in [0.29, 0.717) is 18.0 Å². The van der Waals surface area contributed by atoms with Crippen molar-refractivity contribution in [2.75, 3.05) is 7.05 Å². The molecule has 1 nitrogen and oxygen atoms in total. The van der Waals surface area contributed by atoms with Gasteiger partial charge in [0, 0.05) is 6.04 Å². The molecule has 18 heavy (non-hydrogen) atoms. The first-order valence-electron chi connectivity index (χ1n) is 5.91. The van der Waals surface area contributed by atoms with E-state index in [-0.39, 0.29) is 0 Å². The quantitative estimate of drug-likeness (QED) is 0.797. The van der Waals surface area contributed by atoms with Crippen molar-refractivity contribution >= 4 is 0 Å². The fourth-order valence-electron chi connectivity index (χ4n) is 1.84. The molecule has 0 amide bonds. The van der Waals surface area contributed by atoms with Crippen LogP contribution >= 0.6 is 0 Å². The molecule has 1 aromatic carbocycles. The van der Waals surface area contributed by atoms with E-state index in [1.807, 2.05) is 14.0 Å². The van der Waals surface area contributed by atoms with Crippen molar-refractivity contribution in [2.24, 2.45) is 0 Å². The minimum absolute atomic E-state index is 0.301. The van der Waals surface area contributed by atoms with E-state index in [2.05, 4.69) is 5.32 Å². The van der Waals surface area contributed by atoms with E-state index in [1.54, 1.807) is 0 Å². The van der Waals surface area contributed by atoms with Gasteiger partial charge in [0.25, 0.3) is 0 Å². The van der Waals surface area contributed by atoms with Crippen molar-refractivity contribution in [2.45, 2.75) is 38.4 Å². The molecule has 0 radical (unpaired) electrons. The van der Waals surface area contributed by atoms with Crippen molar-refractivity contribution < 1.29 is 17.6 Å². The largest absolute Gasteiger partial charge is 0.419 e. The molecule has 0 saturated heterocycles. The van der Waals surface area contributed by atoms with Gasteiger partial charge in [0.2, 0.25) is 0 Å². The third kappa shape index (κ3) is 3.98. The molecule has 0 aliphatic carbocycles. The predicted octanol–water partition coefficient (Wildman–Crippen LogP) is 3.78. The molecule has 1 rings (SSSR count). The van der Waals surface area contributed by atoms with Crippen LogP contribution < -0.4 is 5.32 Å². The minimum atomic E-state index is -4.63. The van der Waals surface area contributed by atoms with Crippen LogP contribution in [0.25, 0.3) is 0 Å². The highest BCUT2D eigenvalue weighted by Gasteiger charge is 2.33. The second-order valence-corrected chi connectivity index (χ2v) is 4.24. The first kappa shape index (κ1) is 15.0. The van der Waals surface area contributed by atoms with Gasteiger partial charge in [0.15, 0.2) is 0 Å². The zero-order chi connectivity index (χ0) is 13.8. The number of nitrogens with one attached hydrogen (secondary N) is 1. The van der Waals surface area contributed by atoms with Crippen LogP contribution in [0.3, 0.4) is 0 Å². The molecule has 0 saturated carbocycles. The summed E-state index contributed by atoms with van der Waals surface area (Å²) in [6.07, 6.45) is -2.36. The molecule has 102 valence electrons. The molecule has 1 atom stereocenters. The lowest BCUT2D eigenvalue weighted by Gasteiger charge is -2.14. The molecule has 0 aliphatic rings. The van der Waals surface area contributed by atoms with Gasteiger partial charge in [-0.1, -0.05) is 13.0 Å². The number of halogens is 4. The summed E-state index contributed by atoms with van der Waals surface area (Å²) in [5.74, 6) is -1.20. The van der Waals surface area contributed by atoms with Crippen LogP contribution in [-0.4, -0.2) is 13.1 Å². The van der Waals surface area contributed by atoms with Crippen LogP contribution in [0.15, 0.2) is 18.2 Å². The maximum atomic E-state index is 13.3. The van der Waals surface area contributed by atoms with Gasteiger partial charge in [-0.05, 0) is 44.0 Å². The highest BCUT2D eigenvalue weighted by molar-refractivity contribution is 5.26. The summed E-state index contributed by atoms with van der Waals surface area (Å²) in [4.78, 5) is 0. The van der Waals surface area contributed by atoms with Crippen molar-refractivity contribution in [3.8, 4) is 0 Å². The molecule has 0 heterocycles. The van der Waals surface area contributed by atoms with E-state index < -0.39 is 17.6 Å². The summed E-state index contributed by atoms with van der Waals surface area (Å²) in [6.45, 7) is 2.02. The maximum Gasteiger partial charge on any atom is 0.419 e. The summed E-state index contributed by atoms with van der Waals surface area (Å²) in [6, 6.07) is 3.43. The van der Waals surface area contributed by atoms with Crippen molar-refractivity contribution in [3.63, 3.8) is 0 Å². The fourth-order valence-corrected chi connectivity index (χ4v) is 1.84. The second-order valence-electron chi connectivity index (χ2n) is 4.24. The smallest absolute Gasteiger partial charge is 0.317 e. The molecule has 5 heteroatoms. The molecule has 0 bridgehead atoms. The Morgan fingerprint density at radius 1 is 1.28 bits per heavy atom. The minimum Gasteiger partial charge on any atom is -0.317 e. The molecule has 1 N–H and O–H groups in total. The Morgan fingerprint density at radius 2 is 1.94 bits per heavy atom. The topological polar surface area (TPSA) is 12.0 Å². The van der Waals surface area contributed by atoms with Crippen LogP contribution in [0.5, 0.6) is 0 Å². The Labute approximate surface area is 104 Å². The molecule has 1 aromatic rings. The lowest BCUT2D eigenvalue weighted by Crippen LogP contribution is -2.24. The summed E-state index contributed by atoms with van der Waals surface area (Å²) in [5, 5.41) is 3.10. The highest BCUT2D eigenvalue weighted by Crippen LogP contribution is 2.31. The predicted molar refractivity (Wildman–Crippen MR) is 62.9 cm³/mol. The molecule has 0 aliphatic heterocycles. The van der Waals surface area contributed by atoms with E-state index in [0.717, 1.165) is 25.0 Å². The molecule has 0 spiro atoms. The number of rotatable bonds is 5. The molecule has 1 unspecified atom stereocenters. The molecular weight excluding hydrogens is 246 g/mol. The summed E-state index contributed by atoms with van der Waals surface area (Å²) >= 11 is 0. The van der Waals surface area contributed by atoms with E-state index in [4.69, 9.17) is 0 Å². The fraction of sp³-hybridized carbons (Fsp3) is 0.538. The molecular formula is C13H17F4N. The number of hydrogen-bond acceptors (Lipinski definition) is 1. The van der Waals surface area contributed by atoms with Gasteiger partial charge >= 0.3 is 6.18 Å². The van der Waals surface area contributed by atoms with Gasteiger partial charge in [0.05, 0.1) is 5.56 Å². The van der Waals surface area contributed by atoms with Crippen LogP contribution in [0.1, 0.15) is 30.9 Å². The third-order valence-corrected chi connectivity index (χ3v) is 3.02. The first-order chi connectivity index (χ1) is 8.38. The highest BCUT2D eigenvalue weighted by atomic mass is 19.4. The number of aryl methyl sites for hydroxylation is 1. The van der Waals surface area contributed by atoms with Gasteiger partial charge in [-0.25, -0.2) is 4.39 Å². The zero-order valence-electron chi connectivity index (χ0n) is 10.4. The third-order valence-electron chi connectivity index (χ3n) is 3.02. The summed E-state index contributed by atoms with van der Waals surface area (Å²) < 4.78 is 50.4.